The smallest absolute Gasteiger partial charge is 0.129 e. The Kier molecular flexibility index (Phi) is 4.43. The summed E-state index contributed by atoms with van der Waals surface area (Å²) >= 11 is 6.14. The number of pyridine rings is 1. The lowest BCUT2D eigenvalue weighted by molar-refractivity contribution is 0.274. The second-order valence-corrected chi connectivity index (χ2v) is 5.38. The van der Waals surface area contributed by atoms with Gasteiger partial charge in [0, 0.05) is 38.4 Å². The minimum Gasteiger partial charge on any atom is -0.351 e. The van der Waals surface area contributed by atoms with Gasteiger partial charge in [-0.2, -0.15) is 0 Å². The normalized spacial score (nSPS) is 21.3. The molecule has 0 bridgehead atoms. The summed E-state index contributed by atoms with van der Waals surface area (Å²) in [6.07, 6.45) is 1.76. The molecule has 4 nitrogen and oxygen atoms in total. The van der Waals surface area contributed by atoms with Crippen LogP contribution >= 0.6 is 11.6 Å². The van der Waals surface area contributed by atoms with Crippen molar-refractivity contribution in [2.75, 3.05) is 38.6 Å². The lowest BCUT2D eigenvalue weighted by Gasteiger charge is -2.39. The van der Waals surface area contributed by atoms with Gasteiger partial charge in [0.2, 0.25) is 0 Å². The molecule has 1 fully saturated rings. The zero-order chi connectivity index (χ0) is 13.1. The molecule has 18 heavy (non-hydrogen) atoms. The van der Waals surface area contributed by atoms with Crippen LogP contribution in [-0.4, -0.2) is 49.7 Å². The van der Waals surface area contributed by atoms with E-state index in [9.17, 15) is 0 Å². The number of nitrogens with one attached hydrogen (secondary N) is 1. The van der Waals surface area contributed by atoms with Gasteiger partial charge in [0.25, 0.3) is 0 Å². The van der Waals surface area contributed by atoms with Gasteiger partial charge in [0.1, 0.15) is 5.82 Å². The Hall–Kier alpha value is -0.840. The summed E-state index contributed by atoms with van der Waals surface area (Å²) in [5, 5.41) is 3.87. The number of halogens is 1. The van der Waals surface area contributed by atoms with E-state index in [0.717, 1.165) is 42.6 Å². The molecule has 0 spiro atoms. The molecule has 1 N–H and O–H groups in total. The molecule has 1 aliphatic rings. The summed E-state index contributed by atoms with van der Waals surface area (Å²) in [5.74, 6) is 1.03. The molecule has 5 heteroatoms. The van der Waals surface area contributed by atoms with Gasteiger partial charge >= 0.3 is 0 Å². The van der Waals surface area contributed by atoms with E-state index in [1.807, 2.05) is 7.05 Å². The Labute approximate surface area is 114 Å². The number of anilines is 1. The van der Waals surface area contributed by atoms with Gasteiger partial charge in [-0.1, -0.05) is 11.6 Å². The van der Waals surface area contributed by atoms with E-state index in [-0.39, 0.29) is 0 Å². The van der Waals surface area contributed by atoms with Crippen molar-refractivity contribution in [3.63, 3.8) is 0 Å². The Balaban J connectivity index is 2.20. The molecule has 1 aliphatic heterocycles. The van der Waals surface area contributed by atoms with Crippen LogP contribution in [0.4, 0.5) is 5.82 Å². The molecule has 1 atom stereocenters. The fourth-order valence-electron chi connectivity index (χ4n) is 2.43. The first-order valence-corrected chi connectivity index (χ1v) is 6.74. The van der Waals surface area contributed by atoms with Crippen LogP contribution in [0.25, 0.3) is 0 Å². The highest BCUT2D eigenvalue weighted by molar-refractivity contribution is 6.31. The quantitative estimate of drug-likeness (QED) is 0.902. The lowest BCUT2D eigenvalue weighted by atomic mass is 10.2. The standard InChI is InChI=1S/C13H21ClN4/c1-10-9-17(3)4-5-18(10)13-6-11(7-15-2)12(14)8-16-13/h6,8,10,15H,4-5,7,9H2,1-3H3. The number of nitrogens with zero attached hydrogens (tertiary/aromatic N) is 3. The number of rotatable bonds is 3. The van der Waals surface area contributed by atoms with E-state index < -0.39 is 0 Å². The Bertz CT molecular complexity index is 410. The van der Waals surface area contributed by atoms with Crippen LogP contribution in [0.5, 0.6) is 0 Å². The molecule has 2 rings (SSSR count). The highest BCUT2D eigenvalue weighted by Crippen LogP contribution is 2.23. The van der Waals surface area contributed by atoms with E-state index in [1.54, 1.807) is 6.20 Å². The fraction of sp³-hybridized carbons (Fsp3) is 0.615. The van der Waals surface area contributed by atoms with E-state index in [0.29, 0.717) is 6.04 Å². The summed E-state index contributed by atoms with van der Waals surface area (Å²) < 4.78 is 0. The molecular formula is C13H21ClN4. The fourth-order valence-corrected chi connectivity index (χ4v) is 2.60. The highest BCUT2D eigenvalue weighted by atomic mass is 35.5. The Morgan fingerprint density at radius 3 is 2.94 bits per heavy atom. The Morgan fingerprint density at radius 2 is 2.28 bits per heavy atom. The SMILES string of the molecule is CNCc1cc(N2CCN(C)CC2C)ncc1Cl. The predicted molar refractivity (Wildman–Crippen MR) is 76.3 cm³/mol. The number of piperazine rings is 1. The van der Waals surface area contributed by atoms with Crippen molar-refractivity contribution in [1.82, 2.24) is 15.2 Å². The van der Waals surface area contributed by atoms with Crippen molar-refractivity contribution in [2.45, 2.75) is 19.5 Å². The maximum atomic E-state index is 6.14. The molecular weight excluding hydrogens is 248 g/mol. The number of aromatic nitrogens is 1. The van der Waals surface area contributed by atoms with Crippen molar-refractivity contribution >= 4 is 17.4 Å². The van der Waals surface area contributed by atoms with Crippen LogP contribution in [0.15, 0.2) is 12.3 Å². The van der Waals surface area contributed by atoms with Gasteiger partial charge in [-0.25, -0.2) is 4.98 Å². The first-order chi connectivity index (χ1) is 8.61. The van der Waals surface area contributed by atoms with Gasteiger partial charge < -0.3 is 15.1 Å². The largest absolute Gasteiger partial charge is 0.351 e. The first kappa shape index (κ1) is 13.6. The second kappa shape index (κ2) is 5.87. The number of hydrogen-bond acceptors (Lipinski definition) is 4. The molecule has 0 saturated carbocycles. The molecule has 100 valence electrons. The molecule has 2 heterocycles. The number of hydrogen-bond donors (Lipinski definition) is 1. The van der Waals surface area contributed by atoms with Gasteiger partial charge in [-0.3, -0.25) is 0 Å². The molecule has 1 unspecified atom stereocenters. The summed E-state index contributed by atoms with van der Waals surface area (Å²) in [7, 11) is 4.09. The molecule has 1 aromatic heterocycles. The topological polar surface area (TPSA) is 31.4 Å². The van der Waals surface area contributed by atoms with E-state index in [2.05, 4.69) is 40.1 Å². The minimum atomic E-state index is 0.486. The molecule has 1 aromatic rings. The van der Waals surface area contributed by atoms with Crippen LogP contribution in [0.1, 0.15) is 12.5 Å². The van der Waals surface area contributed by atoms with E-state index in [1.165, 1.54) is 0 Å². The molecule has 0 aliphatic carbocycles. The summed E-state index contributed by atoms with van der Waals surface area (Å²) in [5.41, 5.74) is 1.11. The predicted octanol–water partition coefficient (Wildman–Crippen LogP) is 1.59. The van der Waals surface area contributed by atoms with Crippen LogP contribution < -0.4 is 10.2 Å². The van der Waals surface area contributed by atoms with E-state index in [4.69, 9.17) is 11.6 Å². The maximum absolute atomic E-state index is 6.14. The van der Waals surface area contributed by atoms with Gasteiger partial charge in [0.05, 0.1) is 5.02 Å². The van der Waals surface area contributed by atoms with Crippen LogP contribution in [0.2, 0.25) is 5.02 Å². The van der Waals surface area contributed by atoms with Crippen molar-refractivity contribution in [3.8, 4) is 0 Å². The van der Waals surface area contributed by atoms with Crippen molar-refractivity contribution in [1.29, 1.82) is 0 Å². The van der Waals surface area contributed by atoms with Crippen LogP contribution in [0, 0.1) is 0 Å². The zero-order valence-corrected chi connectivity index (χ0v) is 12.0. The van der Waals surface area contributed by atoms with Crippen LogP contribution in [0.3, 0.4) is 0 Å². The van der Waals surface area contributed by atoms with E-state index >= 15 is 0 Å². The third-order valence-electron chi connectivity index (χ3n) is 3.41. The average Bonchev–Trinajstić information content (AvgIpc) is 2.33. The van der Waals surface area contributed by atoms with Gasteiger partial charge in [-0.15, -0.1) is 0 Å². The lowest BCUT2D eigenvalue weighted by Crippen LogP contribution is -2.50. The minimum absolute atomic E-state index is 0.486. The van der Waals surface area contributed by atoms with Crippen LogP contribution in [-0.2, 0) is 6.54 Å². The Morgan fingerprint density at radius 1 is 1.50 bits per heavy atom. The van der Waals surface area contributed by atoms with Crippen molar-refractivity contribution in [2.24, 2.45) is 0 Å². The summed E-state index contributed by atoms with van der Waals surface area (Å²) in [4.78, 5) is 9.18. The third kappa shape index (κ3) is 2.94. The summed E-state index contributed by atoms with van der Waals surface area (Å²) in [6, 6.07) is 2.58. The average molecular weight is 269 g/mol. The summed E-state index contributed by atoms with van der Waals surface area (Å²) in [6.45, 7) is 6.19. The molecule has 0 amide bonds. The molecule has 0 radical (unpaired) electrons. The van der Waals surface area contributed by atoms with Gasteiger partial charge in [0.15, 0.2) is 0 Å². The number of likely N-dealkylation sites (N-methyl/N-ethyl adjacent to an activating group) is 1. The highest BCUT2D eigenvalue weighted by Gasteiger charge is 2.22. The third-order valence-corrected chi connectivity index (χ3v) is 3.75. The monoisotopic (exact) mass is 268 g/mol. The maximum Gasteiger partial charge on any atom is 0.129 e. The van der Waals surface area contributed by atoms with Crippen molar-refractivity contribution in [3.05, 3.63) is 22.8 Å². The molecule has 0 aromatic carbocycles. The van der Waals surface area contributed by atoms with Crippen molar-refractivity contribution < 1.29 is 0 Å². The second-order valence-electron chi connectivity index (χ2n) is 4.97. The molecule has 1 saturated heterocycles. The first-order valence-electron chi connectivity index (χ1n) is 6.36. The van der Waals surface area contributed by atoms with Gasteiger partial charge in [-0.05, 0) is 32.6 Å². The zero-order valence-electron chi connectivity index (χ0n) is 11.3.